The van der Waals surface area contributed by atoms with Gasteiger partial charge in [0, 0.05) is 0 Å². The van der Waals surface area contributed by atoms with Crippen LogP contribution < -0.4 is 0 Å². The molecule has 0 amide bonds. The molecule has 0 N–H and O–H groups in total. The minimum absolute atomic E-state index is 1.08. The van der Waals surface area contributed by atoms with Gasteiger partial charge in [0.15, 0.2) is 0 Å². The van der Waals surface area contributed by atoms with Crippen molar-refractivity contribution in [3.8, 4) is 0 Å². The summed E-state index contributed by atoms with van der Waals surface area (Å²) >= 11 is 0. The van der Waals surface area contributed by atoms with E-state index in [2.05, 4.69) is 19.2 Å². The van der Waals surface area contributed by atoms with Crippen LogP contribution in [-0.4, -0.2) is 0 Å². The molecule has 0 unspecified atom stereocenters. The molecule has 0 fully saturated rings. The molecule has 11 heavy (non-hydrogen) atoms. The number of hydrogen-bond donors (Lipinski definition) is 0. The van der Waals surface area contributed by atoms with Gasteiger partial charge in [-0.2, -0.15) is 0 Å². The van der Waals surface area contributed by atoms with Crippen molar-refractivity contribution < 1.29 is 0 Å². The van der Waals surface area contributed by atoms with Gasteiger partial charge in [-0.3, -0.25) is 0 Å². The Morgan fingerprint density at radius 2 is 1.82 bits per heavy atom. The molecule has 60 valence electrons. The molecule has 0 radical (unpaired) electrons. The lowest BCUT2D eigenvalue weighted by molar-refractivity contribution is 1.35. The molecule has 0 bridgehead atoms. The van der Waals surface area contributed by atoms with Crippen LogP contribution in [0.2, 0.25) is 0 Å². The predicted molar refractivity (Wildman–Crippen MR) is 52.5 cm³/mol. The summed E-state index contributed by atoms with van der Waals surface area (Å²) < 4.78 is 0. The maximum Gasteiger partial charge on any atom is -0.0207 e. The maximum atomic E-state index is 3.89. The third-order valence-corrected chi connectivity index (χ3v) is 1.52. The molecule has 0 heteroatoms. The highest BCUT2D eigenvalue weighted by atomic mass is 14.0. The van der Waals surface area contributed by atoms with E-state index < -0.39 is 0 Å². The van der Waals surface area contributed by atoms with Crippen molar-refractivity contribution in [1.82, 2.24) is 0 Å². The molecule has 0 spiro atoms. The zero-order valence-corrected chi connectivity index (χ0v) is 7.65. The van der Waals surface area contributed by atoms with Gasteiger partial charge in [0.1, 0.15) is 0 Å². The molecular weight excluding hydrogens is 132 g/mol. The Morgan fingerprint density at radius 3 is 2.09 bits per heavy atom. The Bertz CT molecular complexity index is 214. The molecule has 0 aliphatic carbocycles. The van der Waals surface area contributed by atoms with Crippen LogP contribution in [0.3, 0.4) is 0 Å². The average Bonchev–Trinajstić information content (AvgIpc) is 1.98. The highest BCUT2D eigenvalue weighted by Crippen LogP contribution is 2.14. The van der Waals surface area contributed by atoms with Crippen LogP contribution in [0, 0.1) is 0 Å². The molecule has 0 aromatic rings. The molecule has 0 saturated carbocycles. The van der Waals surface area contributed by atoms with Gasteiger partial charge < -0.3 is 0 Å². The first-order valence-electron chi connectivity index (χ1n) is 3.75. The van der Waals surface area contributed by atoms with E-state index in [0.29, 0.717) is 0 Å². The molecule has 0 aliphatic heterocycles. The van der Waals surface area contributed by atoms with Gasteiger partial charge in [-0.1, -0.05) is 37.0 Å². The predicted octanol–water partition coefficient (Wildman–Crippen LogP) is 3.64. The summed E-state index contributed by atoms with van der Waals surface area (Å²) in [5, 5.41) is 0. The lowest BCUT2D eigenvalue weighted by Gasteiger charge is -2.02. The second kappa shape index (κ2) is 4.73. The monoisotopic (exact) mass is 148 g/mol. The normalized spacial score (nSPS) is 13.0. The Balaban J connectivity index is 4.87. The second-order valence-electron chi connectivity index (χ2n) is 2.58. The molecule has 0 aliphatic rings. The van der Waals surface area contributed by atoms with E-state index in [4.69, 9.17) is 0 Å². The number of hydrogen-bond acceptors (Lipinski definition) is 0. The van der Waals surface area contributed by atoms with Crippen molar-refractivity contribution in [1.29, 1.82) is 0 Å². The summed E-state index contributed by atoms with van der Waals surface area (Å²) in [5.74, 6) is 0. The largest absolute Gasteiger partial charge is 0.0988 e. The Kier molecular flexibility index (Phi) is 4.28. The van der Waals surface area contributed by atoms with Crippen molar-refractivity contribution in [2.24, 2.45) is 0 Å². The van der Waals surface area contributed by atoms with Crippen LogP contribution in [0.1, 0.15) is 20.8 Å². The second-order valence-corrected chi connectivity index (χ2v) is 2.58. The molecule has 0 heterocycles. The van der Waals surface area contributed by atoms with E-state index in [0.717, 1.165) is 5.57 Å². The van der Waals surface area contributed by atoms with E-state index in [1.54, 1.807) is 0 Å². The Labute approximate surface area is 69.6 Å². The first kappa shape index (κ1) is 9.96. The van der Waals surface area contributed by atoms with Crippen LogP contribution in [-0.2, 0) is 0 Å². The highest BCUT2D eigenvalue weighted by Gasteiger charge is 1.94. The van der Waals surface area contributed by atoms with E-state index >= 15 is 0 Å². The number of rotatable bonds is 3. The fourth-order valence-electron chi connectivity index (χ4n) is 0.887. The van der Waals surface area contributed by atoms with Crippen LogP contribution in [0.5, 0.6) is 0 Å². The van der Waals surface area contributed by atoms with E-state index in [9.17, 15) is 0 Å². The zero-order valence-electron chi connectivity index (χ0n) is 7.65. The van der Waals surface area contributed by atoms with Gasteiger partial charge in [0.2, 0.25) is 0 Å². The topological polar surface area (TPSA) is 0 Å². The van der Waals surface area contributed by atoms with Gasteiger partial charge in [-0.05, 0) is 31.9 Å². The van der Waals surface area contributed by atoms with Gasteiger partial charge in [0.05, 0.1) is 0 Å². The molecule has 0 aromatic heterocycles. The van der Waals surface area contributed by atoms with Crippen LogP contribution in [0.25, 0.3) is 0 Å². The summed E-state index contributed by atoms with van der Waals surface area (Å²) in [5.41, 5.74) is 3.44. The van der Waals surface area contributed by atoms with E-state index in [1.165, 1.54) is 11.1 Å². The van der Waals surface area contributed by atoms with Crippen molar-refractivity contribution >= 4 is 0 Å². The molecule has 0 rings (SSSR count). The number of allylic oxidation sites excluding steroid dienone is 6. The van der Waals surface area contributed by atoms with Crippen molar-refractivity contribution in [2.45, 2.75) is 20.8 Å². The maximum absolute atomic E-state index is 3.89. The Hall–Kier alpha value is -1.04. The molecule has 0 aromatic carbocycles. The smallest absolute Gasteiger partial charge is 0.0207 e. The Morgan fingerprint density at radius 1 is 1.27 bits per heavy atom. The average molecular weight is 148 g/mol. The molecule has 0 saturated heterocycles. The fraction of sp³-hybridized carbons (Fsp3) is 0.273. The van der Waals surface area contributed by atoms with Crippen LogP contribution in [0.15, 0.2) is 48.1 Å². The lowest BCUT2D eigenvalue weighted by atomic mass is 10.0. The summed E-state index contributed by atoms with van der Waals surface area (Å²) in [6.45, 7) is 13.6. The summed E-state index contributed by atoms with van der Waals surface area (Å²) in [6.07, 6.45) is 5.92. The summed E-state index contributed by atoms with van der Waals surface area (Å²) in [4.78, 5) is 0. The van der Waals surface area contributed by atoms with Gasteiger partial charge in [-0.25, -0.2) is 0 Å². The molecule has 0 atom stereocenters. The molecular formula is C11H16. The van der Waals surface area contributed by atoms with E-state index in [1.807, 2.05) is 32.9 Å². The summed E-state index contributed by atoms with van der Waals surface area (Å²) in [7, 11) is 0. The molecule has 0 nitrogen and oxygen atoms in total. The minimum Gasteiger partial charge on any atom is -0.0988 e. The van der Waals surface area contributed by atoms with Crippen molar-refractivity contribution in [3.63, 3.8) is 0 Å². The van der Waals surface area contributed by atoms with Gasteiger partial charge in [0.25, 0.3) is 0 Å². The van der Waals surface area contributed by atoms with Gasteiger partial charge >= 0.3 is 0 Å². The third-order valence-electron chi connectivity index (χ3n) is 1.52. The fourth-order valence-corrected chi connectivity index (χ4v) is 0.887. The summed E-state index contributed by atoms with van der Waals surface area (Å²) in [6, 6.07) is 0. The highest BCUT2D eigenvalue weighted by molar-refractivity contribution is 5.43. The van der Waals surface area contributed by atoms with Crippen LogP contribution >= 0.6 is 0 Å². The van der Waals surface area contributed by atoms with E-state index in [-0.39, 0.29) is 0 Å². The standard InChI is InChI=1S/C11H16/c1-6-8-11(9(3)4)10(5)7-2/h6-8H,2-3H2,1,4-5H3/b8-6+,11-10+. The van der Waals surface area contributed by atoms with Crippen LogP contribution in [0.4, 0.5) is 0 Å². The quantitative estimate of drug-likeness (QED) is 0.536. The minimum atomic E-state index is 1.08. The zero-order chi connectivity index (χ0) is 8.85. The SMILES string of the molecule is C=C/C(C)=C(\C=C\C)C(=C)C. The third kappa shape index (κ3) is 3.03. The lowest BCUT2D eigenvalue weighted by Crippen LogP contribution is -1.83. The van der Waals surface area contributed by atoms with Gasteiger partial charge in [-0.15, -0.1) is 0 Å². The van der Waals surface area contributed by atoms with Crippen molar-refractivity contribution in [3.05, 3.63) is 48.1 Å². The first-order valence-corrected chi connectivity index (χ1v) is 3.75. The first-order chi connectivity index (χ1) is 5.13. The van der Waals surface area contributed by atoms with Crippen molar-refractivity contribution in [2.75, 3.05) is 0 Å².